The van der Waals surface area contributed by atoms with Gasteiger partial charge in [-0.2, -0.15) is 0 Å². The summed E-state index contributed by atoms with van der Waals surface area (Å²) in [6.07, 6.45) is 2.42. The van der Waals surface area contributed by atoms with Gasteiger partial charge in [-0.3, -0.25) is 0 Å². The normalized spacial score (nSPS) is 44.2. The summed E-state index contributed by atoms with van der Waals surface area (Å²) in [5.41, 5.74) is -1.58. The number of hydrogen-bond acceptors (Lipinski definition) is 7. The minimum atomic E-state index is -1.58. The number of esters is 1. The standard InChI is InChI=1S/C18H32O7/c1-7-8-9-12-10-18(20,15(19)21-4)11-13-14(12)25-17(3,23-6)16(2,22-5)24-13/h12-14,20H,7-11H2,1-6H3/t12-,13-,14-,16?,17?,18+/m1/s1. The number of ether oxygens (including phenoxy) is 5. The van der Waals surface area contributed by atoms with Crippen LogP contribution in [0, 0.1) is 5.92 Å². The summed E-state index contributed by atoms with van der Waals surface area (Å²) >= 11 is 0. The van der Waals surface area contributed by atoms with Gasteiger partial charge in [-0.1, -0.05) is 19.8 Å². The van der Waals surface area contributed by atoms with Crippen molar-refractivity contribution in [2.75, 3.05) is 21.3 Å². The van der Waals surface area contributed by atoms with Crippen molar-refractivity contribution in [1.29, 1.82) is 0 Å². The van der Waals surface area contributed by atoms with Gasteiger partial charge in [0.15, 0.2) is 5.60 Å². The Morgan fingerprint density at radius 1 is 1.12 bits per heavy atom. The highest BCUT2D eigenvalue weighted by Gasteiger charge is 2.62. The number of carbonyl (C=O) groups is 1. The lowest BCUT2D eigenvalue weighted by molar-refractivity contribution is -0.459. The fourth-order valence-electron chi connectivity index (χ4n) is 3.99. The lowest BCUT2D eigenvalue weighted by Gasteiger charge is -2.56. The maximum absolute atomic E-state index is 12.2. The molecule has 2 aliphatic rings. The summed E-state index contributed by atoms with van der Waals surface area (Å²) in [5, 5.41) is 10.9. The van der Waals surface area contributed by atoms with E-state index >= 15 is 0 Å². The first-order valence-corrected chi connectivity index (χ1v) is 8.95. The van der Waals surface area contributed by atoms with E-state index in [0.29, 0.717) is 0 Å². The summed E-state index contributed by atoms with van der Waals surface area (Å²) in [6.45, 7) is 5.62. The number of fused-ring (bicyclic) bond motifs is 1. The number of unbranched alkanes of at least 4 members (excludes halogenated alkanes) is 1. The predicted molar refractivity (Wildman–Crippen MR) is 89.8 cm³/mol. The van der Waals surface area contributed by atoms with Crippen LogP contribution in [0.2, 0.25) is 0 Å². The predicted octanol–water partition coefficient (Wildman–Crippen LogP) is 2.00. The Hall–Kier alpha value is -0.730. The molecule has 2 fully saturated rings. The molecule has 25 heavy (non-hydrogen) atoms. The van der Waals surface area contributed by atoms with E-state index in [1.54, 1.807) is 21.0 Å². The average molecular weight is 360 g/mol. The van der Waals surface area contributed by atoms with Crippen molar-refractivity contribution < 1.29 is 33.6 Å². The van der Waals surface area contributed by atoms with E-state index < -0.39 is 29.2 Å². The van der Waals surface area contributed by atoms with Crippen molar-refractivity contribution in [2.45, 2.75) is 82.3 Å². The van der Waals surface area contributed by atoms with Crippen LogP contribution >= 0.6 is 0 Å². The van der Waals surface area contributed by atoms with E-state index in [1.807, 2.05) is 0 Å². The van der Waals surface area contributed by atoms with Crippen LogP contribution in [0.5, 0.6) is 0 Å². The number of methoxy groups -OCH3 is 3. The molecule has 6 atom stereocenters. The van der Waals surface area contributed by atoms with E-state index in [9.17, 15) is 9.90 Å². The summed E-state index contributed by atoms with van der Waals surface area (Å²) < 4.78 is 28.4. The van der Waals surface area contributed by atoms with Crippen molar-refractivity contribution >= 4 is 5.97 Å². The van der Waals surface area contributed by atoms with Gasteiger partial charge in [0.2, 0.25) is 11.6 Å². The molecule has 0 amide bonds. The number of aliphatic hydroxyl groups is 1. The molecule has 1 N–H and O–H groups in total. The molecule has 0 spiro atoms. The quantitative estimate of drug-likeness (QED) is 0.725. The van der Waals surface area contributed by atoms with Crippen LogP contribution in [0.1, 0.15) is 52.9 Å². The highest BCUT2D eigenvalue weighted by atomic mass is 16.8. The molecule has 1 saturated heterocycles. The van der Waals surface area contributed by atoms with E-state index in [1.165, 1.54) is 14.2 Å². The van der Waals surface area contributed by atoms with Gasteiger partial charge in [0, 0.05) is 20.6 Å². The summed E-state index contributed by atoms with van der Waals surface area (Å²) in [7, 11) is 4.35. The van der Waals surface area contributed by atoms with Crippen LogP contribution in [-0.4, -0.2) is 61.8 Å². The summed E-state index contributed by atoms with van der Waals surface area (Å²) in [5.74, 6) is -2.92. The molecule has 0 radical (unpaired) electrons. The first-order chi connectivity index (χ1) is 11.7. The molecule has 1 saturated carbocycles. The molecule has 0 aromatic carbocycles. The second kappa shape index (κ2) is 7.48. The first-order valence-electron chi connectivity index (χ1n) is 8.95. The molecule has 0 aromatic heterocycles. The van der Waals surface area contributed by atoms with Gasteiger partial charge in [-0.15, -0.1) is 0 Å². The smallest absolute Gasteiger partial charge is 0.337 e. The third kappa shape index (κ3) is 3.57. The summed E-state index contributed by atoms with van der Waals surface area (Å²) in [6, 6.07) is 0. The van der Waals surface area contributed by atoms with Crippen LogP contribution in [0.4, 0.5) is 0 Å². The van der Waals surface area contributed by atoms with Gasteiger partial charge in [0.25, 0.3) is 0 Å². The fraction of sp³-hybridized carbons (Fsp3) is 0.944. The lowest BCUT2D eigenvalue weighted by atomic mass is 9.72. The lowest BCUT2D eigenvalue weighted by Crippen LogP contribution is -2.69. The molecular weight excluding hydrogens is 328 g/mol. The van der Waals surface area contributed by atoms with Crippen LogP contribution < -0.4 is 0 Å². The zero-order chi connectivity index (χ0) is 18.9. The molecule has 2 rings (SSSR count). The van der Waals surface area contributed by atoms with Crippen molar-refractivity contribution in [3.63, 3.8) is 0 Å². The molecule has 7 nitrogen and oxygen atoms in total. The van der Waals surface area contributed by atoms with E-state index in [2.05, 4.69) is 6.92 Å². The summed E-state index contributed by atoms with van der Waals surface area (Å²) in [4.78, 5) is 12.2. The number of hydrogen-bond donors (Lipinski definition) is 1. The molecule has 2 unspecified atom stereocenters. The molecule has 146 valence electrons. The van der Waals surface area contributed by atoms with Crippen LogP contribution in [0.25, 0.3) is 0 Å². The highest BCUT2D eigenvalue weighted by Crippen LogP contribution is 2.48. The van der Waals surface area contributed by atoms with Gasteiger partial charge in [0.05, 0.1) is 19.3 Å². The Labute approximate surface area is 149 Å². The fourth-order valence-corrected chi connectivity index (χ4v) is 3.99. The van der Waals surface area contributed by atoms with Crippen LogP contribution in [0.15, 0.2) is 0 Å². The van der Waals surface area contributed by atoms with Crippen molar-refractivity contribution in [2.24, 2.45) is 5.92 Å². The van der Waals surface area contributed by atoms with Crippen LogP contribution in [-0.2, 0) is 28.5 Å². The van der Waals surface area contributed by atoms with Crippen molar-refractivity contribution in [1.82, 2.24) is 0 Å². The highest BCUT2D eigenvalue weighted by molar-refractivity contribution is 5.79. The maximum atomic E-state index is 12.2. The Balaban J connectivity index is 2.34. The SMILES string of the molecule is CCCC[C@@H]1C[C@@](O)(C(=O)OC)C[C@H]2OC(C)(OC)C(C)(OC)O[C@H]12. The molecule has 7 heteroatoms. The largest absolute Gasteiger partial charge is 0.467 e. The minimum Gasteiger partial charge on any atom is -0.467 e. The zero-order valence-corrected chi connectivity index (χ0v) is 16.2. The van der Waals surface area contributed by atoms with Gasteiger partial charge in [-0.25, -0.2) is 4.79 Å². The molecule has 0 bridgehead atoms. The molecule has 1 aliphatic heterocycles. The van der Waals surface area contributed by atoms with Crippen molar-refractivity contribution in [3.05, 3.63) is 0 Å². The number of carbonyl (C=O) groups excluding carboxylic acids is 1. The van der Waals surface area contributed by atoms with E-state index in [0.717, 1.165) is 19.3 Å². The topological polar surface area (TPSA) is 83.5 Å². The van der Waals surface area contributed by atoms with E-state index in [4.69, 9.17) is 23.7 Å². The van der Waals surface area contributed by atoms with E-state index in [-0.39, 0.29) is 24.9 Å². The Kier molecular flexibility index (Phi) is 6.16. The second-order valence-electron chi connectivity index (χ2n) is 7.37. The van der Waals surface area contributed by atoms with Gasteiger partial charge in [-0.05, 0) is 32.6 Å². The second-order valence-corrected chi connectivity index (χ2v) is 7.37. The van der Waals surface area contributed by atoms with Crippen molar-refractivity contribution in [3.8, 4) is 0 Å². The molecular formula is C18H32O7. The molecule has 1 aliphatic carbocycles. The van der Waals surface area contributed by atoms with Gasteiger partial charge >= 0.3 is 5.97 Å². The van der Waals surface area contributed by atoms with Gasteiger partial charge < -0.3 is 28.8 Å². The zero-order valence-electron chi connectivity index (χ0n) is 16.2. The number of rotatable bonds is 6. The first kappa shape index (κ1) is 20.6. The Bertz CT molecular complexity index is 484. The third-order valence-corrected chi connectivity index (χ3v) is 5.80. The minimum absolute atomic E-state index is 0.0429. The maximum Gasteiger partial charge on any atom is 0.337 e. The van der Waals surface area contributed by atoms with Gasteiger partial charge in [0.1, 0.15) is 0 Å². The van der Waals surface area contributed by atoms with Crippen LogP contribution in [0.3, 0.4) is 0 Å². The third-order valence-electron chi connectivity index (χ3n) is 5.80. The molecule has 0 aromatic rings. The Morgan fingerprint density at radius 3 is 2.24 bits per heavy atom. The average Bonchev–Trinajstić information content (AvgIpc) is 2.60. The molecule has 1 heterocycles. The monoisotopic (exact) mass is 360 g/mol. The Morgan fingerprint density at radius 2 is 1.72 bits per heavy atom.